The standard InChI is InChI=1S/C17H26N2O5S/c1-24-14-4-9-18(12-13-20)17(21)15-5-7-16(8-6-15)25(22,23)19-10-2-3-11-19/h5-8,20H,2-4,9-14H2,1H3. The number of aliphatic hydroxyl groups is 1. The lowest BCUT2D eigenvalue weighted by molar-refractivity contribution is 0.0701. The molecule has 1 aliphatic heterocycles. The number of benzene rings is 1. The minimum Gasteiger partial charge on any atom is -0.395 e. The van der Waals surface area contributed by atoms with Crippen molar-refractivity contribution in [2.24, 2.45) is 0 Å². The van der Waals surface area contributed by atoms with Crippen LogP contribution >= 0.6 is 0 Å². The Morgan fingerprint density at radius 1 is 1.20 bits per heavy atom. The molecule has 7 nitrogen and oxygen atoms in total. The van der Waals surface area contributed by atoms with E-state index in [-0.39, 0.29) is 24.0 Å². The van der Waals surface area contributed by atoms with Gasteiger partial charge in [0.1, 0.15) is 0 Å². The molecule has 0 radical (unpaired) electrons. The van der Waals surface area contributed by atoms with Crippen LogP contribution in [0.3, 0.4) is 0 Å². The summed E-state index contributed by atoms with van der Waals surface area (Å²) in [5, 5.41) is 9.15. The Labute approximate surface area is 149 Å². The summed E-state index contributed by atoms with van der Waals surface area (Å²) >= 11 is 0. The third kappa shape index (κ3) is 5.01. The van der Waals surface area contributed by atoms with Crippen LogP contribution in [0.2, 0.25) is 0 Å². The van der Waals surface area contributed by atoms with E-state index in [9.17, 15) is 13.2 Å². The largest absolute Gasteiger partial charge is 0.395 e. The molecule has 0 unspecified atom stereocenters. The molecule has 0 saturated carbocycles. The number of methoxy groups -OCH3 is 1. The van der Waals surface area contributed by atoms with Gasteiger partial charge in [-0.2, -0.15) is 4.31 Å². The van der Waals surface area contributed by atoms with Crippen molar-refractivity contribution in [2.75, 3.05) is 46.5 Å². The van der Waals surface area contributed by atoms with Crippen LogP contribution in [-0.2, 0) is 14.8 Å². The summed E-state index contributed by atoms with van der Waals surface area (Å²) in [6.45, 7) is 2.21. The molecule has 8 heteroatoms. The number of carbonyl (C=O) groups excluding carboxylic acids is 1. The highest BCUT2D eigenvalue weighted by Crippen LogP contribution is 2.21. The molecule has 1 aromatic rings. The average molecular weight is 370 g/mol. The quantitative estimate of drug-likeness (QED) is 0.654. The molecule has 25 heavy (non-hydrogen) atoms. The molecule has 1 saturated heterocycles. The normalized spacial score (nSPS) is 15.4. The van der Waals surface area contributed by atoms with Gasteiger partial charge in [0.2, 0.25) is 10.0 Å². The summed E-state index contributed by atoms with van der Waals surface area (Å²) in [6.07, 6.45) is 2.43. The Morgan fingerprint density at radius 2 is 1.84 bits per heavy atom. The van der Waals surface area contributed by atoms with Crippen LogP contribution in [0.4, 0.5) is 0 Å². The van der Waals surface area contributed by atoms with Crippen LogP contribution in [-0.4, -0.2) is 75.1 Å². The van der Waals surface area contributed by atoms with E-state index in [1.54, 1.807) is 12.0 Å². The zero-order chi connectivity index (χ0) is 18.3. The molecule has 1 N–H and O–H groups in total. The lowest BCUT2D eigenvalue weighted by Gasteiger charge is -2.22. The molecule has 140 valence electrons. The van der Waals surface area contributed by atoms with Crippen molar-refractivity contribution >= 4 is 15.9 Å². The summed E-state index contributed by atoms with van der Waals surface area (Å²) in [5.41, 5.74) is 0.409. The van der Waals surface area contributed by atoms with Crippen LogP contribution in [0, 0.1) is 0 Å². The van der Waals surface area contributed by atoms with E-state index >= 15 is 0 Å². The number of carbonyl (C=O) groups is 1. The van der Waals surface area contributed by atoms with Gasteiger partial charge >= 0.3 is 0 Å². The van der Waals surface area contributed by atoms with Gasteiger partial charge in [-0.25, -0.2) is 8.42 Å². The predicted molar refractivity (Wildman–Crippen MR) is 93.9 cm³/mol. The van der Waals surface area contributed by atoms with Crippen molar-refractivity contribution < 1.29 is 23.1 Å². The van der Waals surface area contributed by atoms with E-state index in [1.807, 2.05) is 0 Å². The van der Waals surface area contributed by atoms with Crippen molar-refractivity contribution in [1.29, 1.82) is 0 Å². The molecule has 0 spiro atoms. The lowest BCUT2D eigenvalue weighted by Crippen LogP contribution is -2.35. The first-order valence-electron chi connectivity index (χ1n) is 8.50. The summed E-state index contributed by atoms with van der Waals surface area (Å²) in [5.74, 6) is -0.227. The fourth-order valence-corrected chi connectivity index (χ4v) is 4.38. The number of hydrogen-bond acceptors (Lipinski definition) is 5. The number of rotatable bonds is 9. The summed E-state index contributed by atoms with van der Waals surface area (Å²) in [4.78, 5) is 14.3. The number of aliphatic hydroxyl groups excluding tert-OH is 1. The van der Waals surface area contributed by atoms with Crippen molar-refractivity contribution in [3.63, 3.8) is 0 Å². The summed E-state index contributed by atoms with van der Waals surface area (Å²) in [6, 6.07) is 6.03. The molecule has 0 atom stereocenters. The third-order valence-corrected chi connectivity index (χ3v) is 6.15. The monoisotopic (exact) mass is 370 g/mol. The Morgan fingerprint density at radius 3 is 2.40 bits per heavy atom. The van der Waals surface area contributed by atoms with E-state index in [0.717, 1.165) is 12.8 Å². The van der Waals surface area contributed by atoms with Crippen LogP contribution < -0.4 is 0 Å². The minimum absolute atomic E-state index is 0.125. The second-order valence-electron chi connectivity index (χ2n) is 6.00. The molecule has 1 aliphatic rings. The van der Waals surface area contributed by atoms with Gasteiger partial charge in [-0.15, -0.1) is 0 Å². The maximum Gasteiger partial charge on any atom is 0.253 e. The number of sulfonamides is 1. The molecule has 2 rings (SSSR count). The number of ether oxygens (including phenoxy) is 1. The first-order valence-corrected chi connectivity index (χ1v) is 9.94. The Hall–Kier alpha value is -1.48. The van der Waals surface area contributed by atoms with Crippen molar-refractivity contribution in [1.82, 2.24) is 9.21 Å². The number of hydrogen-bond donors (Lipinski definition) is 1. The molecule has 0 bridgehead atoms. The van der Waals surface area contributed by atoms with Crippen LogP contribution in [0.5, 0.6) is 0 Å². The maximum atomic E-state index is 12.6. The highest BCUT2D eigenvalue weighted by Gasteiger charge is 2.27. The molecule has 1 amide bonds. The van der Waals surface area contributed by atoms with Gasteiger partial charge < -0.3 is 14.7 Å². The smallest absolute Gasteiger partial charge is 0.253 e. The van der Waals surface area contributed by atoms with Gasteiger partial charge in [-0.3, -0.25) is 4.79 Å². The number of nitrogens with zero attached hydrogens (tertiary/aromatic N) is 2. The number of amides is 1. The predicted octanol–water partition coefficient (Wildman–Crippen LogP) is 0.942. The van der Waals surface area contributed by atoms with Gasteiger partial charge in [0.15, 0.2) is 0 Å². The molecule has 0 aliphatic carbocycles. The summed E-state index contributed by atoms with van der Waals surface area (Å²) in [7, 11) is -1.88. The molecular formula is C17H26N2O5S. The van der Waals surface area contributed by atoms with Crippen molar-refractivity contribution in [3.05, 3.63) is 29.8 Å². The van der Waals surface area contributed by atoms with E-state index < -0.39 is 10.0 Å². The van der Waals surface area contributed by atoms with Gasteiger partial charge in [-0.1, -0.05) is 0 Å². The van der Waals surface area contributed by atoms with Crippen LogP contribution in [0.15, 0.2) is 29.2 Å². The molecule has 0 aromatic heterocycles. The van der Waals surface area contributed by atoms with Crippen LogP contribution in [0.1, 0.15) is 29.6 Å². The highest BCUT2D eigenvalue weighted by molar-refractivity contribution is 7.89. The first-order chi connectivity index (χ1) is 12.0. The zero-order valence-corrected chi connectivity index (χ0v) is 15.4. The Bertz CT molecular complexity index is 654. The van der Waals surface area contributed by atoms with Crippen molar-refractivity contribution in [2.45, 2.75) is 24.2 Å². The van der Waals surface area contributed by atoms with E-state index in [2.05, 4.69) is 0 Å². The molecule has 1 aromatic carbocycles. The van der Waals surface area contributed by atoms with Gasteiger partial charge in [0, 0.05) is 45.5 Å². The summed E-state index contributed by atoms with van der Waals surface area (Å²) < 4.78 is 31.5. The molecule has 1 heterocycles. The lowest BCUT2D eigenvalue weighted by atomic mass is 10.2. The van der Waals surface area contributed by atoms with Crippen molar-refractivity contribution in [3.8, 4) is 0 Å². The SMILES string of the molecule is COCCCN(CCO)C(=O)c1ccc(S(=O)(=O)N2CCCC2)cc1. The Kier molecular flexibility index (Phi) is 7.37. The minimum atomic E-state index is -3.48. The third-order valence-electron chi connectivity index (χ3n) is 4.24. The zero-order valence-electron chi connectivity index (χ0n) is 14.6. The molecule has 1 fully saturated rings. The Balaban J connectivity index is 2.10. The second kappa shape index (κ2) is 9.28. The fourth-order valence-electron chi connectivity index (χ4n) is 2.86. The van der Waals surface area contributed by atoms with E-state index in [0.29, 0.717) is 38.2 Å². The maximum absolute atomic E-state index is 12.6. The van der Waals surface area contributed by atoms with E-state index in [1.165, 1.54) is 28.6 Å². The average Bonchev–Trinajstić information content (AvgIpc) is 3.16. The van der Waals surface area contributed by atoms with E-state index in [4.69, 9.17) is 9.84 Å². The first kappa shape index (κ1) is 19.8. The topological polar surface area (TPSA) is 87.1 Å². The highest BCUT2D eigenvalue weighted by atomic mass is 32.2. The molecular weight excluding hydrogens is 344 g/mol. The van der Waals surface area contributed by atoms with Crippen LogP contribution in [0.25, 0.3) is 0 Å². The van der Waals surface area contributed by atoms with Gasteiger partial charge in [-0.05, 0) is 43.5 Å². The fraction of sp³-hybridized carbons (Fsp3) is 0.588. The van der Waals surface area contributed by atoms with Gasteiger partial charge in [0.25, 0.3) is 5.91 Å². The van der Waals surface area contributed by atoms with Gasteiger partial charge in [0.05, 0.1) is 11.5 Å². The second-order valence-corrected chi connectivity index (χ2v) is 7.94.